The highest BCUT2D eigenvalue weighted by molar-refractivity contribution is 5.82. The zero-order valence-corrected chi connectivity index (χ0v) is 7.59. The van der Waals surface area contributed by atoms with Gasteiger partial charge in [0.1, 0.15) is 5.54 Å². The van der Waals surface area contributed by atoms with Gasteiger partial charge in [-0.3, -0.25) is 10.1 Å². The lowest BCUT2D eigenvalue weighted by atomic mass is 9.66. The first-order valence-corrected chi connectivity index (χ1v) is 4.52. The molecule has 0 unspecified atom stereocenters. The molecule has 0 radical (unpaired) electrons. The summed E-state index contributed by atoms with van der Waals surface area (Å²) in [6.45, 7) is 2.20. The number of hydrogen-bond donors (Lipinski definition) is 1. The number of ether oxygens (including phenoxy) is 1. The standard InChI is InChI=1S/C9H15NO2/c1-6-3-7-5-9(4-6,10-7)8(11)12-2/h6-7,10H,3-5H2,1-2H3/t6-,7-,9+/m1/s1. The molecule has 3 heteroatoms. The zero-order valence-electron chi connectivity index (χ0n) is 7.59. The number of nitrogens with one attached hydrogen (secondary N) is 1. The molecule has 3 nitrogen and oxygen atoms in total. The molecule has 2 bridgehead atoms. The third-order valence-corrected chi connectivity index (χ3v) is 3.04. The Morgan fingerprint density at radius 2 is 2.25 bits per heavy atom. The van der Waals surface area contributed by atoms with Crippen molar-refractivity contribution in [1.29, 1.82) is 0 Å². The fourth-order valence-corrected chi connectivity index (χ4v) is 2.66. The van der Waals surface area contributed by atoms with Gasteiger partial charge >= 0.3 is 5.97 Å². The minimum Gasteiger partial charge on any atom is -0.468 e. The number of methoxy groups -OCH3 is 1. The first kappa shape index (κ1) is 8.05. The summed E-state index contributed by atoms with van der Waals surface area (Å²) in [7, 11) is 1.46. The molecule has 1 aliphatic carbocycles. The molecule has 0 amide bonds. The number of carbonyl (C=O) groups excluding carboxylic acids is 1. The molecule has 0 spiro atoms. The average molecular weight is 169 g/mol. The molecule has 2 aliphatic heterocycles. The van der Waals surface area contributed by atoms with Crippen LogP contribution in [0, 0.1) is 5.92 Å². The minimum atomic E-state index is -0.308. The summed E-state index contributed by atoms with van der Waals surface area (Å²) < 4.78 is 4.78. The van der Waals surface area contributed by atoms with Gasteiger partial charge in [-0.2, -0.15) is 0 Å². The van der Waals surface area contributed by atoms with Gasteiger partial charge < -0.3 is 4.74 Å². The summed E-state index contributed by atoms with van der Waals surface area (Å²) in [5.41, 5.74) is -0.308. The zero-order chi connectivity index (χ0) is 8.77. The summed E-state index contributed by atoms with van der Waals surface area (Å²) in [5, 5.41) is 3.30. The number of esters is 1. The summed E-state index contributed by atoms with van der Waals surface area (Å²) in [6.07, 6.45) is 3.12. The van der Waals surface area contributed by atoms with Crippen LogP contribution >= 0.6 is 0 Å². The van der Waals surface area contributed by atoms with Crippen LogP contribution in [0.1, 0.15) is 26.2 Å². The number of piperidine rings is 1. The molecule has 12 heavy (non-hydrogen) atoms. The normalized spacial score (nSPS) is 44.8. The molecule has 1 saturated carbocycles. The van der Waals surface area contributed by atoms with E-state index in [-0.39, 0.29) is 11.5 Å². The van der Waals surface area contributed by atoms with E-state index in [9.17, 15) is 4.79 Å². The molecular weight excluding hydrogens is 154 g/mol. The molecule has 3 aliphatic rings. The van der Waals surface area contributed by atoms with Crippen molar-refractivity contribution in [3.63, 3.8) is 0 Å². The largest absolute Gasteiger partial charge is 0.468 e. The van der Waals surface area contributed by atoms with Crippen LogP contribution < -0.4 is 5.32 Å². The van der Waals surface area contributed by atoms with Crippen molar-refractivity contribution in [2.24, 2.45) is 5.92 Å². The van der Waals surface area contributed by atoms with Crippen LogP contribution in [-0.4, -0.2) is 24.7 Å². The SMILES string of the molecule is COC(=O)[C@]12C[C@H](C)C[C@H](C1)N2. The highest BCUT2D eigenvalue weighted by atomic mass is 16.5. The predicted molar refractivity (Wildman–Crippen MR) is 44.7 cm³/mol. The van der Waals surface area contributed by atoms with E-state index in [4.69, 9.17) is 4.74 Å². The van der Waals surface area contributed by atoms with Gasteiger partial charge in [0.05, 0.1) is 7.11 Å². The third kappa shape index (κ3) is 0.959. The molecule has 68 valence electrons. The maximum atomic E-state index is 11.4. The first-order chi connectivity index (χ1) is 5.66. The quantitative estimate of drug-likeness (QED) is 0.587. The van der Waals surface area contributed by atoms with Crippen molar-refractivity contribution < 1.29 is 9.53 Å². The van der Waals surface area contributed by atoms with E-state index in [1.54, 1.807) is 0 Å². The molecule has 2 heterocycles. The fourth-order valence-electron chi connectivity index (χ4n) is 2.66. The van der Waals surface area contributed by atoms with Crippen LogP contribution in [0.4, 0.5) is 0 Å². The Balaban J connectivity index is 2.08. The lowest BCUT2D eigenvalue weighted by Crippen LogP contribution is -2.71. The number of rotatable bonds is 1. The Morgan fingerprint density at radius 1 is 1.58 bits per heavy atom. The van der Waals surface area contributed by atoms with Gasteiger partial charge in [0.15, 0.2) is 0 Å². The van der Waals surface area contributed by atoms with Crippen molar-refractivity contribution in [2.45, 2.75) is 37.8 Å². The van der Waals surface area contributed by atoms with Gasteiger partial charge in [-0.15, -0.1) is 0 Å². The molecule has 0 aromatic carbocycles. The maximum absolute atomic E-state index is 11.4. The highest BCUT2D eigenvalue weighted by Gasteiger charge is 2.54. The molecule has 0 aromatic rings. The Morgan fingerprint density at radius 3 is 2.75 bits per heavy atom. The Bertz CT molecular complexity index is 209. The summed E-state index contributed by atoms with van der Waals surface area (Å²) in [4.78, 5) is 11.4. The molecule has 3 fully saturated rings. The van der Waals surface area contributed by atoms with E-state index >= 15 is 0 Å². The topological polar surface area (TPSA) is 38.3 Å². The smallest absolute Gasteiger partial charge is 0.326 e. The van der Waals surface area contributed by atoms with Crippen LogP contribution in [0.5, 0.6) is 0 Å². The molecular formula is C9H15NO2. The fraction of sp³-hybridized carbons (Fsp3) is 0.889. The monoisotopic (exact) mass is 169 g/mol. The molecule has 0 aromatic heterocycles. The van der Waals surface area contributed by atoms with Crippen LogP contribution in [0.3, 0.4) is 0 Å². The van der Waals surface area contributed by atoms with Gasteiger partial charge in [-0.25, -0.2) is 0 Å². The average Bonchev–Trinajstić information content (AvgIpc) is 2.00. The molecule has 2 saturated heterocycles. The van der Waals surface area contributed by atoms with E-state index in [0.717, 1.165) is 12.8 Å². The first-order valence-electron chi connectivity index (χ1n) is 4.52. The van der Waals surface area contributed by atoms with Crippen LogP contribution in [0.2, 0.25) is 0 Å². The van der Waals surface area contributed by atoms with Gasteiger partial charge in [0.2, 0.25) is 0 Å². The van der Waals surface area contributed by atoms with Crippen molar-refractivity contribution >= 4 is 5.97 Å². The van der Waals surface area contributed by atoms with Crippen LogP contribution in [-0.2, 0) is 9.53 Å². The van der Waals surface area contributed by atoms with E-state index in [1.807, 2.05) is 0 Å². The van der Waals surface area contributed by atoms with Crippen molar-refractivity contribution in [1.82, 2.24) is 5.32 Å². The number of carbonyl (C=O) groups is 1. The Hall–Kier alpha value is -0.570. The van der Waals surface area contributed by atoms with Crippen molar-refractivity contribution in [2.75, 3.05) is 7.11 Å². The maximum Gasteiger partial charge on any atom is 0.326 e. The summed E-state index contributed by atoms with van der Waals surface area (Å²) in [5.74, 6) is 0.578. The lowest BCUT2D eigenvalue weighted by Gasteiger charge is -2.53. The van der Waals surface area contributed by atoms with E-state index in [2.05, 4.69) is 12.2 Å². The summed E-state index contributed by atoms with van der Waals surface area (Å²) in [6, 6.07) is 0.563. The Kier molecular flexibility index (Phi) is 1.65. The van der Waals surface area contributed by atoms with Gasteiger partial charge in [-0.1, -0.05) is 6.92 Å². The molecule has 1 N–H and O–H groups in total. The lowest BCUT2D eigenvalue weighted by molar-refractivity contribution is -0.158. The van der Waals surface area contributed by atoms with Gasteiger partial charge in [0.25, 0.3) is 0 Å². The molecule has 3 rings (SSSR count). The van der Waals surface area contributed by atoms with E-state index in [1.165, 1.54) is 13.5 Å². The van der Waals surface area contributed by atoms with Gasteiger partial charge in [0, 0.05) is 6.04 Å². The summed E-state index contributed by atoms with van der Waals surface area (Å²) >= 11 is 0. The Labute approximate surface area is 72.5 Å². The second-order valence-corrected chi connectivity index (χ2v) is 4.16. The number of hydrogen-bond acceptors (Lipinski definition) is 3. The molecule has 3 atom stereocenters. The minimum absolute atomic E-state index is 0.0784. The van der Waals surface area contributed by atoms with E-state index in [0.29, 0.717) is 12.0 Å². The number of fused-ring (bicyclic) bond motifs is 2. The van der Waals surface area contributed by atoms with Crippen molar-refractivity contribution in [3.05, 3.63) is 0 Å². The van der Waals surface area contributed by atoms with E-state index < -0.39 is 0 Å². The predicted octanol–water partition coefficient (Wildman–Crippen LogP) is 0.690. The van der Waals surface area contributed by atoms with Crippen LogP contribution in [0.15, 0.2) is 0 Å². The van der Waals surface area contributed by atoms with Gasteiger partial charge in [-0.05, 0) is 25.2 Å². The van der Waals surface area contributed by atoms with Crippen molar-refractivity contribution in [3.8, 4) is 0 Å². The second kappa shape index (κ2) is 2.46. The second-order valence-electron chi connectivity index (χ2n) is 4.16. The highest BCUT2D eigenvalue weighted by Crippen LogP contribution is 2.41. The van der Waals surface area contributed by atoms with Crippen LogP contribution in [0.25, 0.3) is 0 Å². The third-order valence-electron chi connectivity index (χ3n) is 3.04.